The summed E-state index contributed by atoms with van der Waals surface area (Å²) in [7, 11) is 0. The number of rotatable bonds is 12. The zero-order chi connectivity index (χ0) is 26.3. The number of aromatic nitrogens is 2. The van der Waals surface area contributed by atoms with E-state index in [9.17, 15) is 0 Å². The molecule has 0 aliphatic carbocycles. The second kappa shape index (κ2) is 12.3. The first kappa shape index (κ1) is 26.1. The predicted octanol–water partition coefficient (Wildman–Crippen LogP) is 8.11. The number of ether oxygens (including phenoxy) is 2. The average Bonchev–Trinajstić information content (AvgIpc) is 3.59. The van der Waals surface area contributed by atoms with Gasteiger partial charge in [-0.3, -0.25) is 4.90 Å². The minimum absolute atomic E-state index is 0.170. The number of hydrogen-bond donors (Lipinski definition) is 0. The fourth-order valence-electron chi connectivity index (χ4n) is 5.27. The molecule has 4 aromatic rings. The van der Waals surface area contributed by atoms with Crippen LogP contribution in [-0.2, 0) is 13.1 Å². The van der Waals surface area contributed by atoms with Gasteiger partial charge >= 0.3 is 0 Å². The van der Waals surface area contributed by atoms with E-state index in [2.05, 4.69) is 103 Å². The van der Waals surface area contributed by atoms with Crippen LogP contribution in [0, 0.1) is 0 Å². The van der Waals surface area contributed by atoms with Gasteiger partial charge in [-0.1, -0.05) is 93.4 Å². The number of benzene rings is 3. The summed E-state index contributed by atoms with van der Waals surface area (Å²) in [6, 6.07) is 27.8. The quantitative estimate of drug-likeness (QED) is 0.193. The number of hydrogen-bond acceptors (Lipinski definition) is 4. The maximum atomic E-state index is 5.68. The molecule has 1 unspecified atom stereocenters. The van der Waals surface area contributed by atoms with Crippen molar-refractivity contribution in [2.45, 2.75) is 65.6 Å². The van der Waals surface area contributed by atoms with Crippen LogP contribution in [0.3, 0.4) is 0 Å². The molecule has 2 heterocycles. The van der Waals surface area contributed by atoms with Crippen molar-refractivity contribution in [2.75, 3.05) is 13.3 Å². The van der Waals surface area contributed by atoms with Gasteiger partial charge in [-0.25, -0.2) is 4.98 Å². The molecule has 38 heavy (non-hydrogen) atoms. The number of nitrogens with zero attached hydrogens (tertiary/aromatic N) is 3. The predicted molar refractivity (Wildman–Crippen MR) is 154 cm³/mol. The van der Waals surface area contributed by atoms with Crippen LogP contribution in [-0.4, -0.2) is 27.8 Å². The second-order valence-corrected chi connectivity index (χ2v) is 10.1. The maximum absolute atomic E-state index is 5.68. The molecule has 1 aliphatic heterocycles. The molecule has 198 valence electrons. The smallest absolute Gasteiger partial charge is 0.231 e. The zero-order valence-corrected chi connectivity index (χ0v) is 22.9. The van der Waals surface area contributed by atoms with Crippen LogP contribution in [0.5, 0.6) is 11.5 Å². The molecular formula is C33H39N3O2. The Morgan fingerprint density at radius 1 is 0.842 bits per heavy atom. The van der Waals surface area contributed by atoms with Crippen molar-refractivity contribution < 1.29 is 9.47 Å². The highest BCUT2D eigenvalue weighted by molar-refractivity contribution is 5.69. The Balaban J connectivity index is 1.60. The molecule has 0 radical (unpaired) electrons. The number of fused-ring (bicyclic) bond motifs is 1. The number of unbranched alkanes of at least 4 members (excludes halogenated alkanes) is 2. The van der Waals surface area contributed by atoms with Crippen molar-refractivity contribution in [1.29, 1.82) is 0 Å². The maximum Gasteiger partial charge on any atom is 0.231 e. The van der Waals surface area contributed by atoms with E-state index >= 15 is 0 Å². The molecule has 0 spiro atoms. The van der Waals surface area contributed by atoms with Gasteiger partial charge in [0.1, 0.15) is 5.82 Å². The molecule has 1 atom stereocenters. The van der Waals surface area contributed by atoms with Crippen molar-refractivity contribution in [3.63, 3.8) is 0 Å². The second-order valence-electron chi connectivity index (χ2n) is 10.1. The lowest BCUT2D eigenvalue weighted by atomic mass is 10.0. The monoisotopic (exact) mass is 509 g/mol. The minimum atomic E-state index is 0.170. The van der Waals surface area contributed by atoms with Crippen molar-refractivity contribution >= 4 is 0 Å². The average molecular weight is 510 g/mol. The first-order valence-corrected chi connectivity index (χ1v) is 14.0. The lowest BCUT2D eigenvalue weighted by Gasteiger charge is -2.31. The highest BCUT2D eigenvalue weighted by Crippen LogP contribution is 2.38. The molecule has 5 nitrogen and oxygen atoms in total. The Bertz CT molecular complexity index is 1320. The molecule has 5 heteroatoms. The van der Waals surface area contributed by atoms with Crippen molar-refractivity contribution in [2.24, 2.45) is 0 Å². The molecule has 3 aromatic carbocycles. The first-order chi connectivity index (χ1) is 18.7. The van der Waals surface area contributed by atoms with E-state index in [0.717, 1.165) is 73.9 Å². The van der Waals surface area contributed by atoms with Crippen LogP contribution in [0.15, 0.2) is 78.9 Å². The van der Waals surface area contributed by atoms with Crippen molar-refractivity contribution in [3.05, 3.63) is 90.1 Å². The van der Waals surface area contributed by atoms with Gasteiger partial charge in [-0.05, 0) is 44.0 Å². The normalized spacial score (nSPS) is 13.3. The lowest BCUT2D eigenvalue weighted by molar-refractivity contribution is 0.173. The summed E-state index contributed by atoms with van der Waals surface area (Å²) in [6.07, 6.45) is 4.55. The summed E-state index contributed by atoms with van der Waals surface area (Å²) >= 11 is 0. The first-order valence-electron chi connectivity index (χ1n) is 14.0. The van der Waals surface area contributed by atoms with Gasteiger partial charge in [0.2, 0.25) is 6.79 Å². The molecule has 1 aromatic heterocycles. The standard InChI is InChI=1S/C33H39N3O2/c1-4-6-20-35(23-26-18-19-29-30(22-26)38-24-37-29)25(3)32-31(27-14-10-8-11-15-27)34-33(36(32)21-7-5-2)28-16-12-9-13-17-28/h8-19,22,25H,4-7,20-21,23-24H2,1-3H3. The fraction of sp³-hybridized carbons (Fsp3) is 0.364. The summed E-state index contributed by atoms with van der Waals surface area (Å²) in [5.41, 5.74) is 5.94. The summed E-state index contributed by atoms with van der Waals surface area (Å²) in [6.45, 7) is 9.97. The van der Waals surface area contributed by atoms with Crippen LogP contribution in [0.25, 0.3) is 22.6 Å². The van der Waals surface area contributed by atoms with Gasteiger partial charge < -0.3 is 14.0 Å². The van der Waals surface area contributed by atoms with Crippen molar-refractivity contribution in [1.82, 2.24) is 14.5 Å². The largest absolute Gasteiger partial charge is 0.454 e. The highest BCUT2D eigenvalue weighted by Gasteiger charge is 2.27. The Labute approximate surface area is 227 Å². The zero-order valence-electron chi connectivity index (χ0n) is 22.9. The van der Waals surface area contributed by atoms with Crippen LogP contribution in [0.1, 0.15) is 63.8 Å². The molecule has 0 N–H and O–H groups in total. The Morgan fingerprint density at radius 3 is 2.24 bits per heavy atom. The van der Waals surface area contributed by atoms with Gasteiger partial charge in [-0.2, -0.15) is 0 Å². The Kier molecular flexibility index (Phi) is 8.44. The van der Waals surface area contributed by atoms with Crippen LogP contribution in [0.2, 0.25) is 0 Å². The molecular weight excluding hydrogens is 470 g/mol. The van der Waals surface area contributed by atoms with Gasteiger partial charge in [0.15, 0.2) is 11.5 Å². The number of imidazole rings is 1. The molecule has 0 saturated carbocycles. The molecule has 0 bridgehead atoms. The molecule has 1 aliphatic rings. The van der Waals surface area contributed by atoms with Crippen molar-refractivity contribution in [3.8, 4) is 34.1 Å². The Hall–Kier alpha value is -3.57. The van der Waals surface area contributed by atoms with E-state index in [4.69, 9.17) is 14.5 Å². The van der Waals surface area contributed by atoms with E-state index in [1.807, 2.05) is 6.07 Å². The van der Waals surface area contributed by atoms with E-state index in [-0.39, 0.29) is 6.04 Å². The fourth-order valence-corrected chi connectivity index (χ4v) is 5.27. The van der Waals surface area contributed by atoms with Gasteiger partial charge in [0, 0.05) is 30.3 Å². The summed E-state index contributed by atoms with van der Waals surface area (Å²) in [5.74, 6) is 2.73. The van der Waals surface area contributed by atoms with E-state index in [0.29, 0.717) is 6.79 Å². The van der Waals surface area contributed by atoms with Crippen LogP contribution < -0.4 is 9.47 Å². The summed E-state index contributed by atoms with van der Waals surface area (Å²) < 4.78 is 13.7. The van der Waals surface area contributed by atoms with Crippen LogP contribution in [0.4, 0.5) is 0 Å². The van der Waals surface area contributed by atoms with Gasteiger partial charge in [0.05, 0.1) is 11.4 Å². The summed E-state index contributed by atoms with van der Waals surface area (Å²) in [5, 5.41) is 0. The lowest BCUT2D eigenvalue weighted by Crippen LogP contribution is -2.30. The topological polar surface area (TPSA) is 39.5 Å². The Morgan fingerprint density at radius 2 is 1.53 bits per heavy atom. The van der Waals surface area contributed by atoms with Gasteiger partial charge in [0.25, 0.3) is 0 Å². The minimum Gasteiger partial charge on any atom is -0.454 e. The van der Waals surface area contributed by atoms with Gasteiger partial charge in [-0.15, -0.1) is 0 Å². The molecule has 0 amide bonds. The third-order valence-corrected chi connectivity index (χ3v) is 7.39. The van der Waals surface area contributed by atoms with E-state index < -0.39 is 0 Å². The molecule has 0 fully saturated rings. The molecule has 0 saturated heterocycles. The molecule has 5 rings (SSSR count). The third-order valence-electron chi connectivity index (χ3n) is 7.39. The third kappa shape index (κ3) is 5.63. The van der Waals surface area contributed by atoms with E-state index in [1.54, 1.807) is 0 Å². The van der Waals surface area contributed by atoms with E-state index in [1.165, 1.54) is 16.8 Å². The SMILES string of the molecule is CCCCN(Cc1ccc2c(c1)OCO2)C(C)c1c(-c2ccccc2)nc(-c2ccccc2)n1CCCC. The van der Waals surface area contributed by atoms with Crippen LogP contribution >= 0.6 is 0 Å². The highest BCUT2D eigenvalue weighted by atomic mass is 16.7. The summed E-state index contributed by atoms with van der Waals surface area (Å²) in [4.78, 5) is 7.94.